The Morgan fingerprint density at radius 2 is 1.90 bits per heavy atom. The standard InChI is InChI=1S/C14H14FN3O3/c1-17-8-10(13(20)18(2)14(17)21)12(19)16-7-9-5-3-4-6-11(9)15/h3-6,8H,7H2,1-2H3,(H,16,19). The lowest BCUT2D eigenvalue weighted by Gasteiger charge is -2.08. The highest BCUT2D eigenvalue weighted by Crippen LogP contribution is 2.05. The fraction of sp³-hybridized carbons (Fsp3) is 0.214. The van der Waals surface area contributed by atoms with Gasteiger partial charge in [-0.25, -0.2) is 9.18 Å². The minimum Gasteiger partial charge on any atom is -0.348 e. The largest absolute Gasteiger partial charge is 0.348 e. The maximum atomic E-state index is 13.4. The van der Waals surface area contributed by atoms with E-state index < -0.39 is 23.0 Å². The Labute approximate surface area is 119 Å². The van der Waals surface area contributed by atoms with Crippen LogP contribution in [0.2, 0.25) is 0 Å². The van der Waals surface area contributed by atoms with Gasteiger partial charge in [-0.1, -0.05) is 18.2 Å². The van der Waals surface area contributed by atoms with Crippen LogP contribution in [-0.4, -0.2) is 15.0 Å². The highest BCUT2D eigenvalue weighted by Gasteiger charge is 2.14. The lowest BCUT2D eigenvalue weighted by molar-refractivity contribution is 0.0947. The Balaban J connectivity index is 2.24. The highest BCUT2D eigenvalue weighted by atomic mass is 19.1. The van der Waals surface area contributed by atoms with Gasteiger partial charge in [0.25, 0.3) is 11.5 Å². The molecular formula is C14H14FN3O3. The average molecular weight is 291 g/mol. The van der Waals surface area contributed by atoms with Gasteiger partial charge < -0.3 is 9.88 Å². The number of benzene rings is 1. The van der Waals surface area contributed by atoms with Crippen LogP contribution in [0.4, 0.5) is 4.39 Å². The molecule has 6 nitrogen and oxygen atoms in total. The van der Waals surface area contributed by atoms with Crippen molar-refractivity contribution in [2.75, 3.05) is 0 Å². The van der Waals surface area contributed by atoms with E-state index in [1.54, 1.807) is 12.1 Å². The normalized spacial score (nSPS) is 10.4. The van der Waals surface area contributed by atoms with Crippen LogP contribution in [0.15, 0.2) is 40.1 Å². The number of halogens is 1. The van der Waals surface area contributed by atoms with Crippen molar-refractivity contribution >= 4 is 5.91 Å². The second kappa shape index (κ2) is 5.74. The molecule has 0 saturated heterocycles. The number of carbonyl (C=O) groups excluding carboxylic acids is 1. The summed E-state index contributed by atoms with van der Waals surface area (Å²) in [5, 5.41) is 2.46. The molecule has 0 spiro atoms. The van der Waals surface area contributed by atoms with Crippen LogP contribution in [-0.2, 0) is 20.6 Å². The van der Waals surface area contributed by atoms with E-state index in [4.69, 9.17) is 0 Å². The van der Waals surface area contributed by atoms with Crippen LogP contribution in [0.3, 0.4) is 0 Å². The lowest BCUT2D eigenvalue weighted by Crippen LogP contribution is -2.41. The summed E-state index contributed by atoms with van der Waals surface area (Å²) in [6.07, 6.45) is 1.17. The number of hydrogen-bond acceptors (Lipinski definition) is 3. The van der Waals surface area contributed by atoms with Crippen molar-refractivity contribution in [1.29, 1.82) is 0 Å². The molecule has 1 aromatic carbocycles. The first-order valence-corrected chi connectivity index (χ1v) is 6.20. The molecule has 1 N–H and O–H groups in total. The predicted octanol–water partition coefficient (Wildman–Crippen LogP) is 0.153. The second-order valence-electron chi connectivity index (χ2n) is 4.57. The number of carbonyl (C=O) groups is 1. The number of aromatic nitrogens is 2. The van der Waals surface area contributed by atoms with Crippen molar-refractivity contribution in [3.63, 3.8) is 0 Å². The molecule has 1 aromatic heterocycles. The third-order valence-corrected chi connectivity index (χ3v) is 3.09. The molecule has 1 amide bonds. The third kappa shape index (κ3) is 2.91. The summed E-state index contributed by atoms with van der Waals surface area (Å²) in [4.78, 5) is 35.4. The van der Waals surface area contributed by atoms with Gasteiger partial charge in [0.1, 0.15) is 11.4 Å². The molecule has 21 heavy (non-hydrogen) atoms. The summed E-state index contributed by atoms with van der Waals surface area (Å²) in [7, 11) is 2.73. The smallest absolute Gasteiger partial charge is 0.330 e. The second-order valence-corrected chi connectivity index (χ2v) is 4.57. The zero-order valence-corrected chi connectivity index (χ0v) is 11.6. The average Bonchev–Trinajstić information content (AvgIpc) is 2.47. The fourth-order valence-electron chi connectivity index (χ4n) is 1.88. The third-order valence-electron chi connectivity index (χ3n) is 3.09. The molecule has 0 aliphatic heterocycles. The Hall–Kier alpha value is -2.70. The molecule has 0 fully saturated rings. The summed E-state index contributed by atoms with van der Waals surface area (Å²) in [6, 6.07) is 6.01. The molecule has 0 radical (unpaired) electrons. The lowest BCUT2D eigenvalue weighted by atomic mass is 10.2. The van der Waals surface area contributed by atoms with Gasteiger partial charge in [-0.2, -0.15) is 0 Å². The van der Waals surface area contributed by atoms with Crippen molar-refractivity contribution in [3.05, 3.63) is 68.2 Å². The first-order valence-electron chi connectivity index (χ1n) is 6.20. The van der Waals surface area contributed by atoms with Crippen molar-refractivity contribution in [3.8, 4) is 0 Å². The maximum absolute atomic E-state index is 13.4. The van der Waals surface area contributed by atoms with Crippen molar-refractivity contribution in [1.82, 2.24) is 14.5 Å². The number of nitrogens with zero attached hydrogens (tertiary/aromatic N) is 2. The summed E-state index contributed by atoms with van der Waals surface area (Å²) < 4.78 is 15.4. The Bertz CT molecular complexity index is 808. The molecule has 1 heterocycles. The monoisotopic (exact) mass is 291 g/mol. The van der Waals surface area contributed by atoms with Gasteiger partial charge in [-0.3, -0.25) is 14.2 Å². The van der Waals surface area contributed by atoms with E-state index in [-0.39, 0.29) is 12.1 Å². The van der Waals surface area contributed by atoms with E-state index in [1.807, 2.05) is 0 Å². The maximum Gasteiger partial charge on any atom is 0.330 e. The minimum atomic E-state index is -0.691. The van der Waals surface area contributed by atoms with Gasteiger partial charge >= 0.3 is 5.69 Å². The van der Waals surface area contributed by atoms with Crippen LogP contribution in [0.1, 0.15) is 15.9 Å². The zero-order chi connectivity index (χ0) is 15.6. The quantitative estimate of drug-likeness (QED) is 0.875. The van der Waals surface area contributed by atoms with Gasteiger partial charge in [0.15, 0.2) is 0 Å². The Morgan fingerprint density at radius 3 is 2.57 bits per heavy atom. The van der Waals surface area contributed by atoms with E-state index in [0.29, 0.717) is 5.56 Å². The van der Waals surface area contributed by atoms with Gasteiger partial charge in [0.2, 0.25) is 0 Å². The van der Waals surface area contributed by atoms with Crippen molar-refractivity contribution in [2.24, 2.45) is 14.1 Å². The van der Waals surface area contributed by atoms with E-state index in [0.717, 1.165) is 9.13 Å². The van der Waals surface area contributed by atoms with Gasteiger partial charge in [0.05, 0.1) is 0 Å². The Kier molecular flexibility index (Phi) is 4.02. The molecule has 0 aliphatic carbocycles. The van der Waals surface area contributed by atoms with Crippen LogP contribution in [0, 0.1) is 5.82 Å². The molecule has 7 heteroatoms. The van der Waals surface area contributed by atoms with Crippen LogP contribution < -0.4 is 16.6 Å². The first kappa shape index (κ1) is 14.7. The minimum absolute atomic E-state index is 0.0441. The highest BCUT2D eigenvalue weighted by molar-refractivity contribution is 5.93. The number of aryl methyl sites for hydroxylation is 1. The molecule has 0 bridgehead atoms. The Morgan fingerprint density at radius 1 is 1.24 bits per heavy atom. The molecule has 2 rings (SSSR count). The van der Waals surface area contributed by atoms with Gasteiger partial charge in [-0.05, 0) is 6.07 Å². The van der Waals surface area contributed by atoms with Crippen molar-refractivity contribution in [2.45, 2.75) is 6.54 Å². The molecule has 0 aliphatic rings. The topological polar surface area (TPSA) is 73.1 Å². The van der Waals surface area contributed by atoms with Gasteiger partial charge in [-0.15, -0.1) is 0 Å². The predicted molar refractivity (Wildman–Crippen MR) is 74.5 cm³/mol. The SMILES string of the molecule is Cn1cc(C(=O)NCc2ccccc2F)c(=O)n(C)c1=O. The molecular weight excluding hydrogens is 277 g/mol. The van der Waals surface area contributed by atoms with Crippen LogP contribution in [0.25, 0.3) is 0 Å². The zero-order valence-electron chi connectivity index (χ0n) is 11.6. The fourth-order valence-corrected chi connectivity index (χ4v) is 1.88. The van der Waals surface area contributed by atoms with E-state index in [2.05, 4.69) is 5.32 Å². The molecule has 0 unspecified atom stereocenters. The molecule has 0 saturated carbocycles. The molecule has 110 valence electrons. The van der Waals surface area contributed by atoms with E-state index in [9.17, 15) is 18.8 Å². The first-order chi connectivity index (χ1) is 9.91. The number of hydrogen-bond donors (Lipinski definition) is 1. The number of rotatable bonds is 3. The summed E-state index contributed by atoms with van der Waals surface area (Å²) >= 11 is 0. The number of amides is 1. The van der Waals surface area contributed by atoms with Gasteiger partial charge in [0, 0.05) is 32.4 Å². The van der Waals surface area contributed by atoms with E-state index >= 15 is 0 Å². The summed E-state index contributed by atoms with van der Waals surface area (Å²) in [5.74, 6) is -1.10. The molecule has 2 aromatic rings. The van der Waals surface area contributed by atoms with Crippen molar-refractivity contribution < 1.29 is 9.18 Å². The van der Waals surface area contributed by atoms with E-state index in [1.165, 1.54) is 32.4 Å². The number of nitrogens with one attached hydrogen (secondary N) is 1. The summed E-state index contributed by atoms with van der Waals surface area (Å²) in [5.41, 5.74) is -1.07. The van der Waals surface area contributed by atoms with Crippen LogP contribution >= 0.6 is 0 Å². The molecule has 0 atom stereocenters. The summed E-state index contributed by atoms with van der Waals surface area (Å²) in [6.45, 7) is -0.0441. The van der Waals surface area contributed by atoms with Crippen LogP contribution in [0.5, 0.6) is 0 Å².